The Kier molecular flexibility index (Phi) is 5.58. The topological polar surface area (TPSA) is 75.9 Å². The smallest absolute Gasteiger partial charge is 0.258 e. The summed E-state index contributed by atoms with van der Waals surface area (Å²) in [5.74, 6) is 2.30. The molecule has 0 amide bonds. The average molecular weight is 391 g/mol. The van der Waals surface area contributed by atoms with Crippen LogP contribution in [0.25, 0.3) is 5.95 Å². The van der Waals surface area contributed by atoms with Gasteiger partial charge in [-0.05, 0) is 17.7 Å². The van der Waals surface area contributed by atoms with Crippen molar-refractivity contribution in [3.8, 4) is 5.95 Å². The van der Waals surface area contributed by atoms with Crippen LogP contribution >= 0.6 is 23.4 Å². The molecule has 1 aromatic carbocycles. The Morgan fingerprint density at radius 3 is 2.15 bits per heavy atom. The number of thioether (sulfide) groups is 1. The van der Waals surface area contributed by atoms with Crippen LogP contribution in [0, 0.1) is 0 Å². The fourth-order valence-corrected chi connectivity index (χ4v) is 2.87. The van der Waals surface area contributed by atoms with E-state index in [0.717, 1.165) is 16.3 Å². The van der Waals surface area contributed by atoms with Gasteiger partial charge in [0, 0.05) is 39.0 Å². The molecule has 0 aliphatic carbocycles. The second kappa shape index (κ2) is 7.88. The Hall–Kier alpha value is -2.39. The van der Waals surface area contributed by atoms with Crippen molar-refractivity contribution >= 4 is 35.3 Å². The van der Waals surface area contributed by atoms with Crippen molar-refractivity contribution in [2.24, 2.45) is 0 Å². The molecule has 8 nitrogen and oxygen atoms in total. The third kappa shape index (κ3) is 4.41. The molecule has 0 atom stereocenters. The molecule has 2 heterocycles. The van der Waals surface area contributed by atoms with Gasteiger partial charge >= 0.3 is 0 Å². The van der Waals surface area contributed by atoms with E-state index in [4.69, 9.17) is 11.6 Å². The van der Waals surface area contributed by atoms with Crippen molar-refractivity contribution < 1.29 is 0 Å². The van der Waals surface area contributed by atoms with Crippen LogP contribution in [-0.4, -0.2) is 57.9 Å². The van der Waals surface area contributed by atoms with Gasteiger partial charge in [-0.3, -0.25) is 0 Å². The van der Waals surface area contributed by atoms with Crippen LogP contribution in [0.4, 0.5) is 11.9 Å². The van der Waals surface area contributed by atoms with E-state index in [-0.39, 0.29) is 0 Å². The highest BCUT2D eigenvalue weighted by atomic mass is 35.5. The fourth-order valence-electron chi connectivity index (χ4n) is 1.98. The van der Waals surface area contributed by atoms with E-state index in [1.54, 1.807) is 11.0 Å². The summed E-state index contributed by atoms with van der Waals surface area (Å²) in [6.07, 6.45) is 1.61. The van der Waals surface area contributed by atoms with Crippen LogP contribution in [0.2, 0.25) is 5.02 Å². The molecule has 0 aliphatic rings. The fraction of sp³-hybridized carbons (Fsp3) is 0.312. The van der Waals surface area contributed by atoms with Gasteiger partial charge in [-0.15, -0.1) is 5.10 Å². The molecule has 2 aromatic heterocycles. The van der Waals surface area contributed by atoms with Gasteiger partial charge in [0.1, 0.15) is 6.33 Å². The lowest BCUT2D eigenvalue weighted by molar-refractivity contribution is 0.759. The molecule has 3 aromatic rings. The van der Waals surface area contributed by atoms with Crippen LogP contribution in [0.1, 0.15) is 5.56 Å². The molecular formula is C16H19ClN8S. The highest BCUT2D eigenvalue weighted by Crippen LogP contribution is 2.21. The van der Waals surface area contributed by atoms with E-state index < -0.39 is 0 Å². The van der Waals surface area contributed by atoms with Gasteiger partial charge in [-0.1, -0.05) is 35.5 Å². The van der Waals surface area contributed by atoms with E-state index in [1.807, 2.05) is 62.3 Å². The second-order valence-corrected chi connectivity index (χ2v) is 7.29. The van der Waals surface area contributed by atoms with E-state index in [9.17, 15) is 0 Å². The number of halogens is 1. The summed E-state index contributed by atoms with van der Waals surface area (Å²) in [6, 6.07) is 7.73. The zero-order valence-corrected chi connectivity index (χ0v) is 16.5. The number of benzene rings is 1. The molecule has 0 bridgehead atoms. The molecule has 26 heavy (non-hydrogen) atoms. The van der Waals surface area contributed by atoms with E-state index in [0.29, 0.717) is 23.0 Å². The quantitative estimate of drug-likeness (QED) is 0.594. The van der Waals surface area contributed by atoms with Crippen LogP contribution in [-0.2, 0) is 5.75 Å². The summed E-state index contributed by atoms with van der Waals surface area (Å²) >= 11 is 7.45. The highest BCUT2D eigenvalue weighted by Gasteiger charge is 2.13. The monoisotopic (exact) mass is 390 g/mol. The number of anilines is 2. The van der Waals surface area contributed by atoms with Gasteiger partial charge < -0.3 is 9.80 Å². The van der Waals surface area contributed by atoms with E-state index in [2.05, 4.69) is 25.0 Å². The largest absolute Gasteiger partial charge is 0.347 e. The van der Waals surface area contributed by atoms with Crippen LogP contribution in [0.5, 0.6) is 0 Å². The first-order chi connectivity index (χ1) is 12.4. The molecule has 0 N–H and O–H groups in total. The van der Waals surface area contributed by atoms with Crippen molar-refractivity contribution in [1.82, 2.24) is 29.7 Å². The maximum atomic E-state index is 5.91. The predicted octanol–water partition coefficient (Wildman–Crippen LogP) is 2.53. The van der Waals surface area contributed by atoms with Crippen molar-refractivity contribution in [3.05, 3.63) is 41.2 Å². The first-order valence-electron chi connectivity index (χ1n) is 7.82. The normalized spacial score (nSPS) is 10.8. The molecule has 0 fully saturated rings. The lowest BCUT2D eigenvalue weighted by atomic mass is 10.2. The Morgan fingerprint density at radius 1 is 0.962 bits per heavy atom. The Balaban J connectivity index is 1.79. The zero-order valence-electron chi connectivity index (χ0n) is 15.0. The molecular weight excluding hydrogens is 372 g/mol. The molecule has 0 aliphatic heterocycles. The average Bonchev–Trinajstić information content (AvgIpc) is 3.10. The molecule has 136 valence electrons. The number of rotatable bonds is 6. The molecule has 10 heteroatoms. The zero-order chi connectivity index (χ0) is 18.7. The van der Waals surface area contributed by atoms with Gasteiger partial charge in [0.2, 0.25) is 17.1 Å². The van der Waals surface area contributed by atoms with Crippen molar-refractivity contribution in [2.45, 2.75) is 10.9 Å². The first-order valence-corrected chi connectivity index (χ1v) is 9.19. The van der Waals surface area contributed by atoms with Gasteiger partial charge in [0.15, 0.2) is 0 Å². The van der Waals surface area contributed by atoms with Crippen molar-refractivity contribution in [2.75, 3.05) is 38.0 Å². The van der Waals surface area contributed by atoms with Gasteiger partial charge in [-0.25, -0.2) is 4.98 Å². The second-order valence-electron chi connectivity index (χ2n) is 5.91. The summed E-state index contributed by atoms with van der Waals surface area (Å²) < 4.78 is 1.56. The minimum absolute atomic E-state index is 0.429. The van der Waals surface area contributed by atoms with E-state index >= 15 is 0 Å². The molecule has 0 radical (unpaired) electrons. The third-order valence-corrected chi connectivity index (χ3v) is 4.53. The van der Waals surface area contributed by atoms with E-state index in [1.165, 1.54) is 11.8 Å². The summed E-state index contributed by atoms with van der Waals surface area (Å²) in [7, 11) is 7.53. The summed E-state index contributed by atoms with van der Waals surface area (Å²) in [5.41, 5.74) is 1.15. The number of nitrogens with zero attached hydrogens (tertiary/aromatic N) is 8. The standard InChI is InChI=1S/C16H19ClN8S/c1-23(2)13-19-14(24(3)4)21-15(20-13)25-10-18-16(22-25)26-9-11-5-7-12(17)8-6-11/h5-8,10H,9H2,1-4H3. The maximum Gasteiger partial charge on any atom is 0.258 e. The Morgan fingerprint density at radius 2 is 1.58 bits per heavy atom. The van der Waals surface area contributed by atoms with Gasteiger partial charge in [-0.2, -0.15) is 19.6 Å². The van der Waals surface area contributed by atoms with Crippen molar-refractivity contribution in [3.63, 3.8) is 0 Å². The molecule has 0 saturated carbocycles. The lowest BCUT2D eigenvalue weighted by Crippen LogP contribution is -2.20. The summed E-state index contributed by atoms with van der Waals surface area (Å²) in [4.78, 5) is 21.3. The predicted molar refractivity (Wildman–Crippen MR) is 104 cm³/mol. The maximum absolute atomic E-state index is 5.91. The van der Waals surface area contributed by atoms with Crippen LogP contribution in [0.15, 0.2) is 35.7 Å². The lowest BCUT2D eigenvalue weighted by Gasteiger charge is -2.15. The number of aromatic nitrogens is 6. The molecule has 0 unspecified atom stereocenters. The minimum atomic E-state index is 0.429. The van der Waals surface area contributed by atoms with Crippen LogP contribution in [0.3, 0.4) is 0 Å². The molecule has 0 saturated heterocycles. The highest BCUT2D eigenvalue weighted by molar-refractivity contribution is 7.98. The summed E-state index contributed by atoms with van der Waals surface area (Å²) in [6.45, 7) is 0. The number of hydrogen-bond acceptors (Lipinski definition) is 8. The molecule has 0 spiro atoms. The van der Waals surface area contributed by atoms with Crippen LogP contribution < -0.4 is 9.80 Å². The minimum Gasteiger partial charge on any atom is -0.347 e. The summed E-state index contributed by atoms with van der Waals surface area (Å²) in [5, 5.41) is 5.84. The Labute approximate surface area is 161 Å². The SMILES string of the molecule is CN(C)c1nc(N(C)C)nc(-n2cnc(SCc3ccc(Cl)cc3)n2)n1. The Bertz CT molecular complexity index is 852. The molecule has 3 rings (SSSR count). The first kappa shape index (κ1) is 18.4. The number of hydrogen-bond donors (Lipinski definition) is 0. The third-order valence-electron chi connectivity index (χ3n) is 3.36. The van der Waals surface area contributed by atoms with Gasteiger partial charge in [0.25, 0.3) is 5.95 Å². The van der Waals surface area contributed by atoms with Gasteiger partial charge in [0.05, 0.1) is 0 Å². The van der Waals surface area contributed by atoms with Crippen molar-refractivity contribution in [1.29, 1.82) is 0 Å².